The van der Waals surface area contributed by atoms with E-state index in [1.807, 2.05) is 30.3 Å². The second kappa shape index (κ2) is 6.42. The Morgan fingerprint density at radius 1 is 1.06 bits per heavy atom. The van der Waals surface area contributed by atoms with Crippen molar-refractivity contribution in [3.05, 3.63) is 63.9 Å². The first-order chi connectivity index (χ1) is 8.70. The third kappa shape index (κ3) is 3.38. The molecule has 1 unspecified atom stereocenters. The van der Waals surface area contributed by atoms with Crippen molar-refractivity contribution in [3.8, 4) is 0 Å². The molecule has 18 heavy (non-hydrogen) atoms. The highest BCUT2D eigenvalue weighted by atomic mass is 35.5. The number of hydrogen-bond acceptors (Lipinski definition) is 1. The van der Waals surface area contributed by atoms with Crippen molar-refractivity contribution in [2.24, 2.45) is 0 Å². The van der Waals surface area contributed by atoms with E-state index in [1.165, 1.54) is 5.56 Å². The summed E-state index contributed by atoms with van der Waals surface area (Å²) in [5.74, 6) is 0.768. The van der Waals surface area contributed by atoms with Gasteiger partial charge in [-0.3, -0.25) is 4.98 Å². The normalized spacial score (nSPS) is 12.4. The van der Waals surface area contributed by atoms with Crippen LogP contribution in [-0.2, 0) is 6.42 Å². The van der Waals surface area contributed by atoms with E-state index in [1.54, 1.807) is 12.4 Å². The second-order valence-electron chi connectivity index (χ2n) is 4.07. The number of hydrogen-bond donors (Lipinski definition) is 0. The van der Waals surface area contributed by atoms with E-state index in [-0.39, 0.29) is 5.92 Å². The molecule has 2 rings (SSSR count). The maximum atomic E-state index is 6.11. The maximum absolute atomic E-state index is 6.11. The topological polar surface area (TPSA) is 12.9 Å². The van der Waals surface area contributed by atoms with E-state index in [2.05, 4.69) is 4.98 Å². The van der Waals surface area contributed by atoms with Gasteiger partial charge in [0.15, 0.2) is 0 Å². The van der Waals surface area contributed by atoms with Crippen LogP contribution >= 0.6 is 34.8 Å². The van der Waals surface area contributed by atoms with Crippen LogP contribution in [0, 0.1) is 0 Å². The smallest absolute Gasteiger partial charge is 0.0621 e. The number of alkyl halides is 1. The highest BCUT2D eigenvalue weighted by Gasteiger charge is 2.13. The average Bonchev–Trinajstić information content (AvgIpc) is 2.39. The van der Waals surface area contributed by atoms with Gasteiger partial charge in [-0.05, 0) is 35.7 Å². The quantitative estimate of drug-likeness (QED) is 0.728. The van der Waals surface area contributed by atoms with Gasteiger partial charge in [-0.1, -0.05) is 35.3 Å². The van der Waals surface area contributed by atoms with Crippen LogP contribution in [-0.4, -0.2) is 10.9 Å². The van der Waals surface area contributed by atoms with Gasteiger partial charge in [0.1, 0.15) is 0 Å². The number of nitrogens with zero attached hydrogens (tertiary/aromatic N) is 1. The maximum Gasteiger partial charge on any atom is 0.0621 e. The van der Waals surface area contributed by atoms with Gasteiger partial charge >= 0.3 is 0 Å². The molecule has 4 heteroatoms. The van der Waals surface area contributed by atoms with Crippen LogP contribution in [0.5, 0.6) is 0 Å². The molecule has 1 nitrogen and oxygen atoms in total. The molecule has 0 radical (unpaired) electrons. The fourth-order valence-electron chi connectivity index (χ4n) is 1.83. The lowest BCUT2D eigenvalue weighted by Crippen LogP contribution is -2.05. The Kier molecular flexibility index (Phi) is 4.87. The van der Waals surface area contributed by atoms with Crippen LogP contribution in [0.15, 0.2) is 42.7 Å². The van der Waals surface area contributed by atoms with Crippen molar-refractivity contribution < 1.29 is 0 Å². The van der Waals surface area contributed by atoms with Gasteiger partial charge in [-0.25, -0.2) is 0 Å². The Morgan fingerprint density at radius 2 is 1.78 bits per heavy atom. The van der Waals surface area contributed by atoms with Crippen LogP contribution in [0.2, 0.25) is 10.0 Å². The highest BCUT2D eigenvalue weighted by Crippen LogP contribution is 2.26. The molecular formula is C14H12Cl3N. The number of halogens is 3. The van der Waals surface area contributed by atoms with Crippen molar-refractivity contribution in [2.75, 3.05) is 5.88 Å². The second-order valence-corrected chi connectivity index (χ2v) is 5.23. The molecule has 0 amide bonds. The summed E-state index contributed by atoms with van der Waals surface area (Å²) in [4.78, 5) is 3.98. The Labute approximate surface area is 122 Å². The molecule has 0 aliphatic carbocycles. The summed E-state index contributed by atoms with van der Waals surface area (Å²) >= 11 is 18.0. The number of rotatable bonds is 4. The summed E-state index contributed by atoms with van der Waals surface area (Å²) in [6, 6.07) is 9.70. The summed E-state index contributed by atoms with van der Waals surface area (Å²) in [6.07, 6.45) is 4.20. The monoisotopic (exact) mass is 299 g/mol. The van der Waals surface area contributed by atoms with E-state index in [0.29, 0.717) is 10.9 Å². The van der Waals surface area contributed by atoms with E-state index in [0.717, 1.165) is 17.0 Å². The minimum absolute atomic E-state index is 0.226. The van der Waals surface area contributed by atoms with Crippen LogP contribution < -0.4 is 0 Å². The van der Waals surface area contributed by atoms with E-state index in [9.17, 15) is 0 Å². The van der Waals surface area contributed by atoms with Gasteiger partial charge in [-0.15, -0.1) is 11.6 Å². The Morgan fingerprint density at radius 3 is 2.39 bits per heavy atom. The first-order valence-electron chi connectivity index (χ1n) is 5.60. The van der Waals surface area contributed by atoms with Gasteiger partial charge in [0.05, 0.1) is 5.02 Å². The van der Waals surface area contributed by atoms with Gasteiger partial charge in [-0.2, -0.15) is 0 Å². The SMILES string of the molecule is ClCC(Cc1ccncc1Cl)c1ccc(Cl)cc1. The average molecular weight is 301 g/mol. The molecule has 0 bridgehead atoms. The van der Waals surface area contributed by atoms with Crippen LogP contribution in [0.1, 0.15) is 17.0 Å². The molecule has 1 aromatic heterocycles. The van der Waals surface area contributed by atoms with Crippen molar-refractivity contribution >= 4 is 34.8 Å². The summed E-state index contributed by atoms with van der Waals surface area (Å²) in [5.41, 5.74) is 2.23. The number of pyridine rings is 1. The largest absolute Gasteiger partial charge is 0.263 e. The molecule has 0 saturated heterocycles. The first kappa shape index (κ1) is 13.7. The Bertz CT molecular complexity index is 511. The van der Waals surface area contributed by atoms with E-state index < -0.39 is 0 Å². The molecule has 1 heterocycles. The van der Waals surface area contributed by atoms with Gasteiger partial charge in [0, 0.05) is 29.2 Å². The molecular weight excluding hydrogens is 289 g/mol. The fourth-order valence-corrected chi connectivity index (χ4v) is 2.44. The molecule has 0 N–H and O–H groups in total. The highest BCUT2D eigenvalue weighted by molar-refractivity contribution is 6.31. The molecule has 0 spiro atoms. The lowest BCUT2D eigenvalue weighted by atomic mass is 9.94. The molecule has 1 aromatic carbocycles. The molecule has 0 aliphatic heterocycles. The fraction of sp³-hybridized carbons (Fsp3) is 0.214. The minimum atomic E-state index is 0.226. The van der Waals surface area contributed by atoms with Crippen LogP contribution in [0.3, 0.4) is 0 Å². The molecule has 0 saturated carbocycles. The van der Waals surface area contributed by atoms with Crippen LogP contribution in [0.4, 0.5) is 0 Å². The third-order valence-electron chi connectivity index (χ3n) is 2.85. The zero-order chi connectivity index (χ0) is 13.0. The zero-order valence-electron chi connectivity index (χ0n) is 9.61. The lowest BCUT2D eigenvalue weighted by Gasteiger charge is -2.15. The molecule has 0 aliphatic rings. The number of benzene rings is 1. The minimum Gasteiger partial charge on any atom is -0.263 e. The first-order valence-corrected chi connectivity index (χ1v) is 6.89. The Hall–Kier alpha value is -0.760. The molecule has 94 valence electrons. The summed E-state index contributed by atoms with van der Waals surface area (Å²) in [6.45, 7) is 0. The van der Waals surface area contributed by atoms with Crippen molar-refractivity contribution in [2.45, 2.75) is 12.3 Å². The zero-order valence-corrected chi connectivity index (χ0v) is 11.9. The summed E-state index contributed by atoms with van der Waals surface area (Å²) in [5, 5.41) is 1.41. The van der Waals surface area contributed by atoms with Crippen molar-refractivity contribution in [1.29, 1.82) is 0 Å². The van der Waals surface area contributed by atoms with Crippen molar-refractivity contribution in [1.82, 2.24) is 4.98 Å². The molecule has 2 aromatic rings. The predicted octanol–water partition coefficient (Wildman–Crippen LogP) is 4.95. The van der Waals surface area contributed by atoms with Gasteiger partial charge in [0.25, 0.3) is 0 Å². The number of aromatic nitrogens is 1. The van der Waals surface area contributed by atoms with E-state index in [4.69, 9.17) is 34.8 Å². The summed E-state index contributed by atoms with van der Waals surface area (Å²) < 4.78 is 0. The van der Waals surface area contributed by atoms with Crippen molar-refractivity contribution in [3.63, 3.8) is 0 Å². The molecule has 0 fully saturated rings. The third-order valence-corrected chi connectivity index (χ3v) is 3.82. The predicted molar refractivity (Wildman–Crippen MR) is 77.9 cm³/mol. The van der Waals surface area contributed by atoms with E-state index >= 15 is 0 Å². The van der Waals surface area contributed by atoms with Gasteiger partial charge < -0.3 is 0 Å². The van der Waals surface area contributed by atoms with Crippen LogP contribution in [0.25, 0.3) is 0 Å². The van der Waals surface area contributed by atoms with Gasteiger partial charge in [0.2, 0.25) is 0 Å². The standard InChI is InChI=1S/C14H12Cl3N/c15-8-12(10-1-3-13(16)4-2-10)7-11-5-6-18-9-14(11)17/h1-6,9,12H,7-8H2. The summed E-state index contributed by atoms with van der Waals surface area (Å²) in [7, 11) is 0. The lowest BCUT2D eigenvalue weighted by molar-refractivity contribution is 0.765. The Balaban J connectivity index is 2.20. The molecule has 1 atom stereocenters.